The Kier molecular flexibility index (Phi) is 5.94. The highest BCUT2D eigenvalue weighted by atomic mass is 127. The molecule has 6 nitrogen and oxygen atoms in total. The van der Waals surface area contributed by atoms with Crippen LogP contribution in [0.15, 0.2) is 42.5 Å². The van der Waals surface area contributed by atoms with E-state index in [9.17, 15) is 14.9 Å². The molecule has 0 aliphatic carbocycles. The monoisotopic (exact) mass is 524 g/mol. The zero-order chi connectivity index (χ0) is 16.1. The minimum Gasteiger partial charge on any atom is -0.444 e. The topological polar surface area (TPSA) is 81.5 Å². The molecule has 0 radical (unpaired) electrons. The molecular formula is C14H10I2N2O4. The molecule has 0 saturated carbocycles. The number of nitro groups is 1. The molecule has 0 spiro atoms. The number of ether oxygens (including phenoxy) is 1. The van der Waals surface area contributed by atoms with Crippen molar-refractivity contribution in [3.05, 3.63) is 65.3 Å². The number of carbonyl (C=O) groups excluding carboxylic acids is 1. The first-order valence-corrected chi connectivity index (χ1v) is 8.24. The molecule has 0 aliphatic rings. The van der Waals surface area contributed by atoms with Crippen LogP contribution in [0, 0.1) is 17.3 Å². The number of amides is 1. The second-order valence-electron chi connectivity index (χ2n) is 4.23. The number of rotatable bonds is 4. The molecule has 114 valence electrons. The lowest BCUT2D eigenvalue weighted by Gasteiger charge is -2.09. The number of anilines is 1. The van der Waals surface area contributed by atoms with Crippen LogP contribution in [-0.2, 0) is 11.3 Å². The number of carbonyl (C=O) groups is 1. The average Bonchev–Trinajstić information content (AvgIpc) is 2.48. The van der Waals surface area contributed by atoms with Crippen molar-refractivity contribution >= 4 is 62.6 Å². The van der Waals surface area contributed by atoms with Crippen molar-refractivity contribution in [3.63, 3.8) is 0 Å². The largest absolute Gasteiger partial charge is 0.444 e. The highest BCUT2D eigenvalue weighted by Gasteiger charge is 2.20. The number of hydrogen-bond donors (Lipinski definition) is 1. The molecule has 2 aromatic rings. The minimum absolute atomic E-state index is 0.0986. The van der Waals surface area contributed by atoms with Crippen molar-refractivity contribution in [2.24, 2.45) is 0 Å². The van der Waals surface area contributed by atoms with Gasteiger partial charge in [-0.25, -0.2) is 4.79 Å². The third-order valence-corrected chi connectivity index (χ3v) is 4.14. The fraction of sp³-hybridized carbons (Fsp3) is 0.0714. The summed E-state index contributed by atoms with van der Waals surface area (Å²) >= 11 is 3.92. The van der Waals surface area contributed by atoms with Crippen molar-refractivity contribution in [1.29, 1.82) is 0 Å². The van der Waals surface area contributed by atoms with Crippen LogP contribution in [0.3, 0.4) is 0 Å². The quantitative estimate of drug-likeness (QED) is 0.362. The van der Waals surface area contributed by atoms with Crippen LogP contribution in [0.5, 0.6) is 0 Å². The van der Waals surface area contributed by atoms with Gasteiger partial charge in [-0.1, -0.05) is 30.3 Å². The maximum atomic E-state index is 11.8. The van der Waals surface area contributed by atoms with Crippen molar-refractivity contribution in [1.82, 2.24) is 0 Å². The summed E-state index contributed by atoms with van der Waals surface area (Å²) in [5.41, 5.74) is 0.821. The third-order valence-electron chi connectivity index (χ3n) is 2.67. The summed E-state index contributed by atoms with van der Waals surface area (Å²) in [6.45, 7) is 0.0986. The summed E-state index contributed by atoms with van der Waals surface area (Å²) in [5.74, 6) is 0. The highest BCUT2D eigenvalue weighted by molar-refractivity contribution is 14.1. The molecule has 0 aromatic heterocycles. The molecule has 0 unspecified atom stereocenters. The zero-order valence-electron chi connectivity index (χ0n) is 11.1. The molecule has 22 heavy (non-hydrogen) atoms. The lowest BCUT2D eigenvalue weighted by molar-refractivity contribution is -0.384. The molecule has 0 heterocycles. The van der Waals surface area contributed by atoms with Crippen LogP contribution in [0.2, 0.25) is 0 Å². The van der Waals surface area contributed by atoms with E-state index in [1.807, 2.05) is 75.5 Å². The Bertz CT molecular complexity index is 707. The van der Waals surface area contributed by atoms with Crippen LogP contribution in [0.1, 0.15) is 5.56 Å². The Labute approximate surface area is 153 Å². The lowest BCUT2D eigenvalue weighted by Crippen LogP contribution is -2.15. The second-order valence-corrected chi connectivity index (χ2v) is 6.63. The van der Waals surface area contributed by atoms with E-state index < -0.39 is 11.0 Å². The van der Waals surface area contributed by atoms with Gasteiger partial charge in [-0.3, -0.25) is 15.4 Å². The van der Waals surface area contributed by atoms with E-state index in [-0.39, 0.29) is 18.0 Å². The van der Waals surface area contributed by atoms with Crippen LogP contribution in [-0.4, -0.2) is 11.0 Å². The fourth-order valence-electron chi connectivity index (χ4n) is 1.69. The third kappa shape index (κ3) is 4.53. The van der Waals surface area contributed by atoms with Gasteiger partial charge in [0.1, 0.15) is 12.3 Å². The number of benzene rings is 2. The number of nitro benzene ring substituents is 1. The lowest BCUT2D eigenvalue weighted by atomic mass is 10.2. The zero-order valence-corrected chi connectivity index (χ0v) is 15.4. The Morgan fingerprint density at radius 3 is 2.55 bits per heavy atom. The Balaban J connectivity index is 2.10. The predicted octanol–water partition coefficient (Wildman–Crippen LogP) is 4.55. The van der Waals surface area contributed by atoms with E-state index >= 15 is 0 Å². The molecule has 0 fully saturated rings. The van der Waals surface area contributed by atoms with Crippen molar-refractivity contribution in [3.8, 4) is 0 Å². The maximum absolute atomic E-state index is 11.8. The molecule has 2 aromatic carbocycles. The molecule has 1 amide bonds. The number of nitrogens with zero attached hydrogens (tertiary/aromatic N) is 1. The van der Waals surface area contributed by atoms with E-state index in [4.69, 9.17) is 4.74 Å². The van der Waals surface area contributed by atoms with Gasteiger partial charge < -0.3 is 4.74 Å². The maximum Gasteiger partial charge on any atom is 0.412 e. The Hall–Kier alpha value is -1.43. The van der Waals surface area contributed by atoms with E-state index in [0.29, 0.717) is 3.57 Å². The summed E-state index contributed by atoms with van der Waals surface area (Å²) in [7, 11) is 0. The molecule has 0 saturated heterocycles. The minimum atomic E-state index is -0.730. The van der Waals surface area contributed by atoms with Crippen LogP contribution in [0.4, 0.5) is 16.2 Å². The Morgan fingerprint density at radius 1 is 1.23 bits per heavy atom. The summed E-state index contributed by atoms with van der Waals surface area (Å²) in [6, 6.07) is 12.3. The van der Waals surface area contributed by atoms with Gasteiger partial charge >= 0.3 is 6.09 Å². The fourth-order valence-corrected chi connectivity index (χ4v) is 3.64. The molecule has 0 aliphatic heterocycles. The van der Waals surface area contributed by atoms with E-state index in [0.717, 1.165) is 9.13 Å². The molecular weight excluding hydrogens is 514 g/mol. The van der Waals surface area contributed by atoms with Gasteiger partial charge in [0.15, 0.2) is 0 Å². The summed E-state index contributed by atoms with van der Waals surface area (Å²) in [6.07, 6.45) is -0.730. The first kappa shape index (κ1) is 16.9. The van der Waals surface area contributed by atoms with E-state index in [2.05, 4.69) is 5.32 Å². The van der Waals surface area contributed by atoms with Gasteiger partial charge in [-0.05, 0) is 56.8 Å². The van der Waals surface area contributed by atoms with E-state index in [1.54, 1.807) is 6.07 Å². The van der Waals surface area contributed by atoms with Gasteiger partial charge in [0, 0.05) is 13.2 Å². The van der Waals surface area contributed by atoms with Gasteiger partial charge in [0.05, 0.1) is 4.92 Å². The molecule has 0 atom stereocenters. The molecule has 8 heteroatoms. The second kappa shape index (κ2) is 7.72. The Morgan fingerprint density at radius 2 is 1.91 bits per heavy atom. The first-order chi connectivity index (χ1) is 10.5. The summed E-state index contributed by atoms with van der Waals surface area (Å²) in [5, 5.41) is 13.5. The van der Waals surface area contributed by atoms with Crippen molar-refractivity contribution in [2.75, 3.05) is 5.32 Å². The summed E-state index contributed by atoms with van der Waals surface area (Å²) in [4.78, 5) is 22.4. The van der Waals surface area contributed by atoms with Gasteiger partial charge in [-0.2, -0.15) is 0 Å². The van der Waals surface area contributed by atoms with Crippen molar-refractivity contribution < 1.29 is 14.5 Å². The predicted molar refractivity (Wildman–Crippen MR) is 98.8 cm³/mol. The van der Waals surface area contributed by atoms with E-state index in [1.165, 1.54) is 6.07 Å². The van der Waals surface area contributed by atoms with Gasteiger partial charge in [-0.15, -0.1) is 0 Å². The van der Waals surface area contributed by atoms with Crippen molar-refractivity contribution in [2.45, 2.75) is 6.61 Å². The normalized spacial score (nSPS) is 10.1. The number of halogens is 2. The number of nitrogens with one attached hydrogen (secondary N) is 1. The van der Waals surface area contributed by atoms with Gasteiger partial charge in [0.2, 0.25) is 0 Å². The van der Waals surface area contributed by atoms with Crippen LogP contribution < -0.4 is 5.32 Å². The smallest absolute Gasteiger partial charge is 0.412 e. The standard InChI is InChI=1S/C14H10I2N2O4/c15-10-6-11(16)13(12(7-10)18(20)21)17-14(19)22-8-9-4-2-1-3-5-9/h1-7H,8H2,(H,17,19). The summed E-state index contributed by atoms with van der Waals surface area (Å²) < 4.78 is 6.37. The molecule has 2 rings (SSSR count). The van der Waals surface area contributed by atoms with Crippen LogP contribution >= 0.6 is 45.2 Å². The SMILES string of the molecule is O=C(Nc1c(I)cc(I)cc1[N+](=O)[O-])OCc1ccccc1. The molecule has 1 N–H and O–H groups in total. The van der Waals surface area contributed by atoms with Gasteiger partial charge in [0.25, 0.3) is 5.69 Å². The average molecular weight is 524 g/mol. The highest BCUT2D eigenvalue weighted by Crippen LogP contribution is 2.32. The first-order valence-electron chi connectivity index (χ1n) is 6.08. The number of hydrogen-bond acceptors (Lipinski definition) is 4. The molecule has 0 bridgehead atoms. The van der Waals surface area contributed by atoms with Crippen LogP contribution in [0.25, 0.3) is 0 Å².